The Labute approximate surface area is 173 Å². The van der Waals surface area contributed by atoms with Gasteiger partial charge in [0.25, 0.3) is 0 Å². The Morgan fingerprint density at radius 1 is 0.679 bits per heavy atom. The zero-order valence-electron chi connectivity index (χ0n) is 18.3. The van der Waals surface area contributed by atoms with Crippen molar-refractivity contribution in [1.82, 2.24) is 0 Å². The molecule has 0 aromatic carbocycles. The van der Waals surface area contributed by atoms with Crippen LogP contribution in [0.5, 0.6) is 0 Å². The molecule has 4 nitrogen and oxygen atoms in total. The van der Waals surface area contributed by atoms with Crippen molar-refractivity contribution in [1.29, 1.82) is 0 Å². The van der Waals surface area contributed by atoms with Crippen LogP contribution in [-0.4, -0.2) is 23.7 Å². The van der Waals surface area contributed by atoms with Crippen LogP contribution < -0.4 is 0 Å². The van der Waals surface area contributed by atoms with Crippen LogP contribution in [0.25, 0.3) is 0 Å². The second-order valence-corrected chi connectivity index (χ2v) is 7.76. The van der Waals surface area contributed by atoms with Gasteiger partial charge in [-0.05, 0) is 44.9 Å². The van der Waals surface area contributed by atoms with E-state index in [1.54, 1.807) is 0 Å². The van der Waals surface area contributed by atoms with Gasteiger partial charge in [-0.25, -0.2) is 0 Å². The molecule has 0 bridgehead atoms. The minimum absolute atomic E-state index is 0.127. The van der Waals surface area contributed by atoms with Crippen molar-refractivity contribution in [2.45, 2.75) is 122 Å². The second kappa shape index (κ2) is 22.0. The Morgan fingerprint density at radius 2 is 1.18 bits per heavy atom. The third-order valence-corrected chi connectivity index (χ3v) is 4.94. The second-order valence-electron chi connectivity index (χ2n) is 7.76. The summed E-state index contributed by atoms with van der Waals surface area (Å²) in [6, 6.07) is 0. The Bertz CT molecular complexity index is 390. The fourth-order valence-corrected chi connectivity index (χ4v) is 3.15. The van der Waals surface area contributed by atoms with Gasteiger partial charge < -0.3 is 9.84 Å². The summed E-state index contributed by atoms with van der Waals surface area (Å²) in [5, 5.41) is 8.53. The summed E-state index contributed by atoms with van der Waals surface area (Å²) in [5.74, 6) is -1.00. The third kappa shape index (κ3) is 22.7. The van der Waals surface area contributed by atoms with E-state index in [1.165, 1.54) is 77.0 Å². The number of ether oxygens (including phenoxy) is 1. The van der Waals surface area contributed by atoms with Gasteiger partial charge in [0.15, 0.2) is 0 Å². The maximum atomic E-state index is 11.5. The van der Waals surface area contributed by atoms with Crippen LogP contribution in [0, 0.1) is 0 Å². The summed E-state index contributed by atoms with van der Waals surface area (Å²) in [6.45, 7) is 2.76. The van der Waals surface area contributed by atoms with E-state index >= 15 is 0 Å². The topological polar surface area (TPSA) is 63.6 Å². The first kappa shape index (κ1) is 26.7. The molecule has 0 spiro atoms. The standard InChI is InChI=1S/C24H44O4/c1-2-3-4-5-6-7-8-9-10-11-12-13-14-15-16-19-22-28-24(27)21-18-17-20-23(25)26/h9-10H,2-8,11-22H2,1H3,(H,25,26)/b10-9-. The lowest BCUT2D eigenvalue weighted by atomic mass is 10.1. The minimum Gasteiger partial charge on any atom is -0.481 e. The molecule has 0 unspecified atom stereocenters. The number of hydrogen-bond acceptors (Lipinski definition) is 3. The maximum Gasteiger partial charge on any atom is 0.305 e. The van der Waals surface area contributed by atoms with E-state index in [1.807, 2.05) is 0 Å². The van der Waals surface area contributed by atoms with E-state index in [0.717, 1.165) is 12.8 Å². The van der Waals surface area contributed by atoms with E-state index in [0.29, 0.717) is 25.9 Å². The number of esters is 1. The zero-order chi connectivity index (χ0) is 20.7. The number of carbonyl (C=O) groups is 2. The SMILES string of the molecule is CCCCCCCC/C=C\CCCCCCCCOC(=O)CCCCC(=O)O. The summed E-state index contributed by atoms with van der Waals surface area (Å²) in [7, 11) is 0. The van der Waals surface area contributed by atoms with Crippen molar-refractivity contribution in [3.63, 3.8) is 0 Å². The molecule has 0 aromatic rings. The molecule has 4 heteroatoms. The lowest BCUT2D eigenvalue weighted by Gasteiger charge is -2.04. The van der Waals surface area contributed by atoms with Gasteiger partial charge in [-0.1, -0.05) is 76.9 Å². The third-order valence-electron chi connectivity index (χ3n) is 4.94. The van der Waals surface area contributed by atoms with Crippen LogP contribution in [0.3, 0.4) is 0 Å². The molecule has 0 amide bonds. The highest BCUT2D eigenvalue weighted by molar-refractivity contribution is 5.69. The quantitative estimate of drug-likeness (QED) is 0.126. The predicted molar refractivity (Wildman–Crippen MR) is 117 cm³/mol. The average Bonchev–Trinajstić information content (AvgIpc) is 2.67. The number of carboxylic acid groups (broad SMARTS) is 1. The summed E-state index contributed by atoms with van der Waals surface area (Å²) in [4.78, 5) is 21.8. The van der Waals surface area contributed by atoms with Crippen molar-refractivity contribution in [3.05, 3.63) is 12.2 Å². The number of hydrogen-bond donors (Lipinski definition) is 1. The summed E-state index contributed by atoms with van der Waals surface area (Å²) >= 11 is 0. The normalized spacial score (nSPS) is 11.2. The molecular formula is C24H44O4. The van der Waals surface area contributed by atoms with Crippen molar-refractivity contribution in [2.24, 2.45) is 0 Å². The van der Waals surface area contributed by atoms with E-state index in [9.17, 15) is 9.59 Å². The molecule has 0 saturated heterocycles. The highest BCUT2D eigenvalue weighted by Gasteiger charge is 2.03. The van der Waals surface area contributed by atoms with E-state index < -0.39 is 5.97 Å². The first-order valence-corrected chi connectivity index (χ1v) is 11.7. The molecule has 0 aliphatic carbocycles. The van der Waals surface area contributed by atoms with Gasteiger partial charge in [0.1, 0.15) is 0 Å². The molecule has 0 radical (unpaired) electrons. The Hall–Kier alpha value is -1.32. The van der Waals surface area contributed by atoms with Crippen molar-refractivity contribution in [2.75, 3.05) is 6.61 Å². The smallest absolute Gasteiger partial charge is 0.305 e. The average molecular weight is 397 g/mol. The Balaban J connectivity index is 3.19. The Morgan fingerprint density at radius 3 is 1.75 bits per heavy atom. The van der Waals surface area contributed by atoms with E-state index in [-0.39, 0.29) is 12.4 Å². The summed E-state index contributed by atoms with van der Waals surface area (Å²) < 4.78 is 5.17. The number of unbranched alkanes of at least 4 members (excludes halogenated alkanes) is 13. The predicted octanol–water partition coefficient (Wildman–Crippen LogP) is 7.21. The molecule has 164 valence electrons. The highest BCUT2D eigenvalue weighted by atomic mass is 16.5. The molecule has 0 rings (SSSR count). The lowest BCUT2D eigenvalue weighted by Crippen LogP contribution is -2.06. The zero-order valence-corrected chi connectivity index (χ0v) is 18.3. The molecule has 0 fully saturated rings. The fourth-order valence-electron chi connectivity index (χ4n) is 3.15. The summed E-state index contributed by atoms with van der Waals surface area (Å²) in [5.41, 5.74) is 0. The van der Waals surface area contributed by atoms with Gasteiger partial charge in [0.2, 0.25) is 0 Å². The van der Waals surface area contributed by atoms with Crippen molar-refractivity contribution < 1.29 is 19.4 Å². The van der Waals surface area contributed by atoms with Crippen LogP contribution in [0.15, 0.2) is 12.2 Å². The number of rotatable bonds is 21. The van der Waals surface area contributed by atoms with Gasteiger partial charge in [0.05, 0.1) is 6.61 Å². The van der Waals surface area contributed by atoms with Crippen molar-refractivity contribution >= 4 is 11.9 Å². The van der Waals surface area contributed by atoms with Crippen LogP contribution in [-0.2, 0) is 14.3 Å². The van der Waals surface area contributed by atoms with Gasteiger partial charge in [-0.3, -0.25) is 9.59 Å². The highest BCUT2D eigenvalue weighted by Crippen LogP contribution is 2.10. The number of allylic oxidation sites excluding steroid dienone is 2. The molecule has 1 N–H and O–H groups in total. The molecule has 0 aliphatic rings. The molecular weight excluding hydrogens is 352 g/mol. The van der Waals surface area contributed by atoms with Gasteiger partial charge >= 0.3 is 11.9 Å². The minimum atomic E-state index is -0.808. The summed E-state index contributed by atoms with van der Waals surface area (Å²) in [6.07, 6.45) is 24.0. The van der Waals surface area contributed by atoms with Crippen LogP contribution in [0.4, 0.5) is 0 Å². The molecule has 0 saturated carbocycles. The first-order chi connectivity index (χ1) is 13.7. The van der Waals surface area contributed by atoms with Crippen LogP contribution >= 0.6 is 0 Å². The largest absolute Gasteiger partial charge is 0.481 e. The van der Waals surface area contributed by atoms with Gasteiger partial charge in [-0.15, -0.1) is 0 Å². The molecule has 28 heavy (non-hydrogen) atoms. The number of aliphatic carboxylic acids is 1. The fraction of sp³-hybridized carbons (Fsp3) is 0.833. The molecule has 0 aromatic heterocycles. The van der Waals surface area contributed by atoms with E-state index in [2.05, 4.69) is 19.1 Å². The monoisotopic (exact) mass is 396 g/mol. The van der Waals surface area contributed by atoms with Crippen LogP contribution in [0.1, 0.15) is 122 Å². The Kier molecular flexibility index (Phi) is 20.9. The molecule has 0 atom stereocenters. The lowest BCUT2D eigenvalue weighted by molar-refractivity contribution is -0.144. The number of carboxylic acids is 1. The first-order valence-electron chi connectivity index (χ1n) is 11.7. The van der Waals surface area contributed by atoms with Crippen LogP contribution in [0.2, 0.25) is 0 Å². The van der Waals surface area contributed by atoms with E-state index in [4.69, 9.17) is 9.84 Å². The number of carbonyl (C=O) groups excluding carboxylic acids is 1. The molecule has 0 heterocycles. The maximum absolute atomic E-state index is 11.5. The van der Waals surface area contributed by atoms with Gasteiger partial charge in [-0.2, -0.15) is 0 Å². The van der Waals surface area contributed by atoms with Crippen molar-refractivity contribution in [3.8, 4) is 0 Å². The van der Waals surface area contributed by atoms with Gasteiger partial charge in [0, 0.05) is 12.8 Å². The molecule has 0 aliphatic heterocycles.